The summed E-state index contributed by atoms with van der Waals surface area (Å²) in [4.78, 5) is 5.73. The van der Waals surface area contributed by atoms with Crippen LogP contribution in [-0.4, -0.2) is 36.4 Å². The quantitative estimate of drug-likeness (QED) is 0.0392. The van der Waals surface area contributed by atoms with Gasteiger partial charge in [0.25, 0.3) is 0 Å². The van der Waals surface area contributed by atoms with Crippen LogP contribution in [0.2, 0.25) is 0 Å². The molecule has 0 unspecified atom stereocenters. The average Bonchev–Trinajstić information content (AvgIpc) is 2.92. The first kappa shape index (κ1) is 35.6. The van der Waals surface area contributed by atoms with Gasteiger partial charge in [0.05, 0.1) is 13.2 Å². The summed E-state index contributed by atoms with van der Waals surface area (Å²) in [5.74, 6) is 0. The molecule has 0 radical (unpaired) electrons. The smallest absolute Gasteiger partial charge is 0.156 e. The van der Waals surface area contributed by atoms with E-state index in [0.717, 1.165) is 103 Å². The lowest BCUT2D eigenvalue weighted by atomic mass is 9.88. The Morgan fingerprint density at radius 1 is 0.575 bits per heavy atom. The van der Waals surface area contributed by atoms with Crippen molar-refractivity contribution in [1.82, 2.24) is 0 Å². The number of hydrogen-bond donors (Lipinski definition) is 0. The van der Waals surface area contributed by atoms with Crippen molar-refractivity contribution < 1.29 is 9.47 Å². The van der Waals surface area contributed by atoms with Crippen LogP contribution in [0.4, 0.5) is 0 Å². The summed E-state index contributed by atoms with van der Waals surface area (Å²) in [5, 5.41) is 8.58. The maximum absolute atomic E-state index is 8.52. The standard InChI is InChI=1S/C30H48N6O2S2/c1-25(39)37-21-13-5-9-17-29-23-27(15-7-3-11-19-33-35-31)28(16-8-4-12-20-34-36-32)24-30(29)18-10-6-14-22-38-26(2)40/h23-24H,3-22H2,1-2H3. The van der Waals surface area contributed by atoms with Gasteiger partial charge >= 0.3 is 0 Å². The third-order valence-corrected chi connectivity index (χ3v) is 7.08. The second-order valence-corrected chi connectivity index (χ2v) is 11.4. The number of unbranched alkanes of at least 4 members (excludes halogenated alkanes) is 8. The lowest BCUT2D eigenvalue weighted by Gasteiger charge is -2.18. The predicted molar refractivity (Wildman–Crippen MR) is 173 cm³/mol. The molecule has 0 atom stereocenters. The highest BCUT2D eigenvalue weighted by Crippen LogP contribution is 2.25. The third kappa shape index (κ3) is 18.8. The molecule has 40 heavy (non-hydrogen) atoms. The average molecular weight is 589 g/mol. The fourth-order valence-corrected chi connectivity index (χ4v) is 4.95. The van der Waals surface area contributed by atoms with Gasteiger partial charge < -0.3 is 9.47 Å². The van der Waals surface area contributed by atoms with Crippen molar-refractivity contribution >= 4 is 34.5 Å². The van der Waals surface area contributed by atoms with Crippen LogP contribution in [0.1, 0.15) is 113 Å². The van der Waals surface area contributed by atoms with Crippen molar-refractivity contribution in [2.75, 3.05) is 26.3 Å². The summed E-state index contributed by atoms with van der Waals surface area (Å²) >= 11 is 10.0. The molecule has 222 valence electrons. The van der Waals surface area contributed by atoms with Gasteiger partial charge in [-0.05, 0) is 148 Å². The molecule has 10 heteroatoms. The molecule has 0 spiro atoms. The molecule has 0 bridgehead atoms. The molecule has 1 aromatic rings. The van der Waals surface area contributed by atoms with E-state index in [0.29, 0.717) is 36.4 Å². The summed E-state index contributed by atoms with van der Waals surface area (Å²) in [7, 11) is 0. The van der Waals surface area contributed by atoms with E-state index < -0.39 is 0 Å². The van der Waals surface area contributed by atoms with Crippen molar-refractivity contribution in [2.24, 2.45) is 10.2 Å². The maximum atomic E-state index is 8.52. The summed E-state index contributed by atoms with van der Waals surface area (Å²) in [5.41, 5.74) is 22.9. The molecule has 1 rings (SSSR count). The summed E-state index contributed by atoms with van der Waals surface area (Å²) in [6.07, 6.45) is 17.0. The van der Waals surface area contributed by atoms with Gasteiger partial charge in [-0.1, -0.05) is 35.2 Å². The number of nitrogens with zero attached hydrogens (tertiary/aromatic N) is 6. The Morgan fingerprint density at radius 3 is 1.20 bits per heavy atom. The van der Waals surface area contributed by atoms with Gasteiger partial charge in [-0.3, -0.25) is 0 Å². The Labute approximate surface area is 251 Å². The zero-order valence-electron chi connectivity index (χ0n) is 24.6. The summed E-state index contributed by atoms with van der Waals surface area (Å²) in [6, 6.07) is 4.96. The van der Waals surface area contributed by atoms with Crippen LogP contribution in [0, 0.1) is 0 Å². The van der Waals surface area contributed by atoms with Crippen LogP contribution in [-0.2, 0) is 35.2 Å². The molecule has 0 heterocycles. The molecule has 0 aliphatic rings. The summed E-state index contributed by atoms with van der Waals surface area (Å²) in [6.45, 7) is 6.19. The molecule has 0 aliphatic carbocycles. The highest BCUT2D eigenvalue weighted by atomic mass is 32.1. The van der Waals surface area contributed by atoms with Crippen LogP contribution < -0.4 is 0 Å². The van der Waals surface area contributed by atoms with Gasteiger partial charge in [0.1, 0.15) is 0 Å². The normalized spacial score (nSPS) is 10.4. The van der Waals surface area contributed by atoms with E-state index in [9.17, 15) is 0 Å². The minimum absolute atomic E-state index is 0.570. The number of benzene rings is 1. The number of rotatable bonds is 24. The number of thiocarbonyl (C=S) groups is 2. The van der Waals surface area contributed by atoms with Crippen molar-refractivity contribution in [3.8, 4) is 0 Å². The molecule has 0 aliphatic heterocycles. The van der Waals surface area contributed by atoms with Crippen molar-refractivity contribution in [1.29, 1.82) is 0 Å². The Balaban J connectivity index is 2.93. The monoisotopic (exact) mass is 588 g/mol. The first-order chi connectivity index (χ1) is 19.5. The van der Waals surface area contributed by atoms with E-state index >= 15 is 0 Å². The van der Waals surface area contributed by atoms with Gasteiger partial charge in [0.2, 0.25) is 0 Å². The predicted octanol–water partition coefficient (Wildman–Crippen LogP) is 9.89. The van der Waals surface area contributed by atoms with Crippen molar-refractivity contribution in [3.63, 3.8) is 0 Å². The van der Waals surface area contributed by atoms with Crippen molar-refractivity contribution in [3.05, 3.63) is 55.3 Å². The Morgan fingerprint density at radius 2 is 0.900 bits per heavy atom. The van der Waals surface area contributed by atoms with Crippen LogP contribution in [0.3, 0.4) is 0 Å². The largest absolute Gasteiger partial charge is 0.487 e. The fourth-order valence-electron chi connectivity index (χ4n) is 4.78. The molecule has 1 aromatic carbocycles. The second-order valence-electron chi connectivity index (χ2n) is 10.2. The number of hydrogen-bond acceptors (Lipinski definition) is 6. The molecule has 0 fully saturated rings. The van der Waals surface area contributed by atoms with E-state index in [1.807, 2.05) is 13.8 Å². The van der Waals surface area contributed by atoms with Gasteiger partial charge in [-0.15, -0.1) is 0 Å². The molecule has 0 aromatic heterocycles. The zero-order chi connectivity index (χ0) is 29.3. The zero-order valence-corrected chi connectivity index (χ0v) is 26.2. The van der Waals surface area contributed by atoms with Crippen LogP contribution in [0.25, 0.3) is 20.9 Å². The van der Waals surface area contributed by atoms with Gasteiger partial charge in [0.15, 0.2) is 10.1 Å². The highest BCUT2D eigenvalue weighted by molar-refractivity contribution is 7.80. The Bertz CT molecular complexity index is 898. The number of aryl methyl sites for hydroxylation is 4. The van der Waals surface area contributed by atoms with Crippen LogP contribution in [0.15, 0.2) is 22.4 Å². The van der Waals surface area contributed by atoms with Crippen LogP contribution in [0.5, 0.6) is 0 Å². The Hall–Kier alpha value is -2.38. The molecule has 0 saturated carbocycles. The molecule has 0 amide bonds. The van der Waals surface area contributed by atoms with Gasteiger partial charge in [-0.25, -0.2) is 0 Å². The van der Waals surface area contributed by atoms with Crippen molar-refractivity contribution in [2.45, 2.75) is 117 Å². The van der Waals surface area contributed by atoms with E-state index in [1.54, 1.807) is 0 Å². The maximum Gasteiger partial charge on any atom is 0.156 e. The minimum atomic E-state index is 0.570. The van der Waals surface area contributed by atoms with E-state index in [1.165, 1.54) is 22.3 Å². The lowest BCUT2D eigenvalue weighted by Crippen LogP contribution is -2.05. The summed E-state index contributed by atoms with van der Waals surface area (Å²) < 4.78 is 10.9. The minimum Gasteiger partial charge on any atom is -0.487 e. The molecular weight excluding hydrogens is 541 g/mol. The van der Waals surface area contributed by atoms with Gasteiger partial charge in [0, 0.05) is 36.8 Å². The van der Waals surface area contributed by atoms with E-state index in [4.69, 9.17) is 45.0 Å². The molecule has 8 nitrogen and oxygen atoms in total. The number of ether oxygens (including phenoxy) is 2. The van der Waals surface area contributed by atoms with E-state index in [-0.39, 0.29) is 0 Å². The molecular formula is C30H48N6O2S2. The third-order valence-electron chi connectivity index (χ3n) is 6.85. The van der Waals surface area contributed by atoms with Crippen LogP contribution >= 0.6 is 24.4 Å². The molecule has 0 N–H and O–H groups in total. The first-order valence-electron chi connectivity index (χ1n) is 14.9. The Kier molecular flexibility index (Phi) is 21.8. The number of azide groups is 2. The second kappa shape index (κ2) is 24.4. The topological polar surface area (TPSA) is 116 Å². The SMILES string of the molecule is CC(=S)OCCCCCc1cc(CCCCCN=[N+]=[N-])c(CCCCCN=[N+]=[N-])cc1CCCCCOC(C)=S. The highest BCUT2D eigenvalue weighted by Gasteiger charge is 2.11. The fraction of sp³-hybridized carbons (Fsp3) is 0.733. The first-order valence-corrected chi connectivity index (χ1v) is 15.7. The van der Waals surface area contributed by atoms with E-state index in [2.05, 4.69) is 32.2 Å². The lowest BCUT2D eigenvalue weighted by molar-refractivity contribution is 0.298. The molecule has 0 saturated heterocycles. The van der Waals surface area contributed by atoms with Gasteiger partial charge in [-0.2, -0.15) is 0 Å².